The number of nitrogens with one attached hydrogen (secondary N) is 1. The number of halogens is 1. The maximum atomic E-state index is 14.6. The van der Waals surface area contributed by atoms with Crippen LogP contribution in [0.3, 0.4) is 0 Å². The van der Waals surface area contributed by atoms with Gasteiger partial charge in [0.15, 0.2) is 0 Å². The van der Waals surface area contributed by atoms with Crippen molar-refractivity contribution in [1.29, 1.82) is 0 Å². The normalized spacial score (nSPS) is 19.8. The molecule has 2 atom stereocenters. The highest BCUT2D eigenvalue weighted by atomic mass is 19.1. The zero-order valence-corrected chi connectivity index (χ0v) is 18.6. The van der Waals surface area contributed by atoms with E-state index in [2.05, 4.69) is 41.2 Å². The number of aromatic nitrogens is 6. The Morgan fingerprint density at radius 2 is 2.03 bits per heavy atom. The Bertz CT molecular complexity index is 1320. The number of pyridine rings is 2. The summed E-state index contributed by atoms with van der Waals surface area (Å²) in [7, 11) is 0. The Kier molecular flexibility index (Phi) is 4.79. The fourth-order valence-electron chi connectivity index (χ4n) is 4.89. The topological polar surface area (TPSA) is 84.7 Å². The highest BCUT2D eigenvalue weighted by Crippen LogP contribution is 2.29. The number of fused-ring (bicyclic) bond motifs is 3. The quantitative estimate of drug-likeness (QED) is 0.474. The highest BCUT2D eigenvalue weighted by Gasteiger charge is 2.37. The summed E-state index contributed by atoms with van der Waals surface area (Å²) < 4.78 is 16.6. The minimum absolute atomic E-state index is 0.159. The number of rotatable bonds is 5. The minimum atomic E-state index is -0.592. The van der Waals surface area contributed by atoms with Crippen molar-refractivity contribution in [2.24, 2.45) is 0 Å². The van der Waals surface area contributed by atoms with Crippen LogP contribution in [-0.2, 0) is 6.42 Å². The Labute approximate surface area is 190 Å². The molecule has 0 aliphatic carbocycles. The van der Waals surface area contributed by atoms with Gasteiger partial charge in [0, 0.05) is 43.1 Å². The number of hydrogen-bond acceptors (Lipinski definition) is 7. The average molecular weight is 445 g/mol. The van der Waals surface area contributed by atoms with Crippen LogP contribution in [0.2, 0.25) is 0 Å². The molecule has 33 heavy (non-hydrogen) atoms. The second-order valence-electron chi connectivity index (χ2n) is 9.10. The smallest absolute Gasteiger partial charge is 0.241 e. The third-order valence-electron chi connectivity index (χ3n) is 6.58. The van der Waals surface area contributed by atoms with Crippen molar-refractivity contribution in [3.63, 3.8) is 0 Å². The van der Waals surface area contributed by atoms with Crippen LogP contribution in [0.15, 0.2) is 43.0 Å². The van der Waals surface area contributed by atoms with Gasteiger partial charge >= 0.3 is 0 Å². The molecule has 0 aromatic carbocycles. The Morgan fingerprint density at radius 3 is 2.76 bits per heavy atom. The molecule has 2 aliphatic heterocycles. The molecular weight excluding hydrogens is 419 g/mol. The molecule has 6 rings (SSSR count). The van der Waals surface area contributed by atoms with E-state index in [1.807, 2.05) is 36.7 Å². The first-order valence-electron chi connectivity index (χ1n) is 11.4. The Morgan fingerprint density at radius 1 is 1.12 bits per heavy atom. The van der Waals surface area contributed by atoms with Gasteiger partial charge in [-0.25, -0.2) is 19.9 Å². The van der Waals surface area contributed by atoms with Gasteiger partial charge in [-0.3, -0.25) is 4.98 Å². The average Bonchev–Trinajstić information content (AvgIpc) is 3.55. The third-order valence-corrected chi connectivity index (χ3v) is 6.58. The summed E-state index contributed by atoms with van der Waals surface area (Å²) in [6.07, 6.45) is 6.98. The van der Waals surface area contributed by atoms with Crippen LogP contribution in [0, 0.1) is 5.95 Å². The molecule has 2 saturated heterocycles. The van der Waals surface area contributed by atoms with Crippen molar-refractivity contribution in [1.82, 2.24) is 34.8 Å². The molecule has 0 spiro atoms. The van der Waals surface area contributed by atoms with Gasteiger partial charge < -0.3 is 14.8 Å². The van der Waals surface area contributed by atoms with E-state index in [9.17, 15) is 4.39 Å². The lowest BCUT2D eigenvalue weighted by molar-refractivity contribution is 0.579. The predicted octanol–water partition coefficient (Wildman–Crippen LogP) is 3.14. The SMILES string of the molecule is CC(C)n1cnc2c(F)nc(-c3ccnc(Cc4ccc(N5CC6CC5CN6)cn4)n3)cc21. The van der Waals surface area contributed by atoms with E-state index < -0.39 is 5.95 Å². The van der Waals surface area contributed by atoms with Gasteiger partial charge in [-0.2, -0.15) is 4.39 Å². The summed E-state index contributed by atoms with van der Waals surface area (Å²) in [5.41, 5.74) is 4.08. The Balaban J connectivity index is 1.25. The van der Waals surface area contributed by atoms with Gasteiger partial charge in [-0.1, -0.05) is 0 Å². The summed E-state index contributed by atoms with van der Waals surface area (Å²) in [6.45, 7) is 6.16. The zero-order chi connectivity index (χ0) is 22.5. The van der Waals surface area contributed by atoms with Crippen LogP contribution in [-0.4, -0.2) is 54.7 Å². The second-order valence-corrected chi connectivity index (χ2v) is 9.10. The van der Waals surface area contributed by atoms with E-state index in [1.165, 1.54) is 6.42 Å². The number of piperazine rings is 1. The molecule has 9 heteroatoms. The first-order valence-corrected chi connectivity index (χ1v) is 11.4. The van der Waals surface area contributed by atoms with E-state index in [1.54, 1.807) is 18.6 Å². The summed E-state index contributed by atoms with van der Waals surface area (Å²) in [5.74, 6) is 0.0296. The molecule has 168 valence electrons. The molecule has 2 aliphatic rings. The fourth-order valence-corrected chi connectivity index (χ4v) is 4.89. The third kappa shape index (κ3) is 3.62. The second kappa shape index (κ2) is 7.84. The number of imidazole rings is 1. The van der Waals surface area contributed by atoms with E-state index in [0.717, 1.165) is 24.5 Å². The lowest BCUT2D eigenvalue weighted by atomic mass is 10.2. The summed E-state index contributed by atoms with van der Waals surface area (Å²) in [5, 5.41) is 3.53. The molecule has 0 radical (unpaired) electrons. The van der Waals surface area contributed by atoms with Gasteiger partial charge in [-0.05, 0) is 44.5 Å². The van der Waals surface area contributed by atoms with Crippen molar-refractivity contribution in [3.05, 3.63) is 60.5 Å². The number of anilines is 1. The molecule has 0 amide bonds. The summed E-state index contributed by atoms with van der Waals surface area (Å²) in [6, 6.07) is 9.08. The van der Waals surface area contributed by atoms with Crippen molar-refractivity contribution in [3.8, 4) is 11.4 Å². The van der Waals surface area contributed by atoms with Crippen molar-refractivity contribution >= 4 is 16.7 Å². The molecule has 2 bridgehead atoms. The van der Waals surface area contributed by atoms with E-state index in [-0.39, 0.29) is 11.6 Å². The van der Waals surface area contributed by atoms with E-state index in [0.29, 0.717) is 41.2 Å². The molecule has 0 saturated carbocycles. The van der Waals surface area contributed by atoms with E-state index >= 15 is 0 Å². The van der Waals surface area contributed by atoms with Crippen LogP contribution in [0.1, 0.15) is 37.8 Å². The molecule has 6 heterocycles. The first-order chi connectivity index (χ1) is 16.0. The van der Waals surface area contributed by atoms with Gasteiger partial charge in [0.05, 0.1) is 41.5 Å². The first kappa shape index (κ1) is 20.2. The molecule has 1 N–H and O–H groups in total. The van der Waals surface area contributed by atoms with Gasteiger partial charge in [0.1, 0.15) is 11.3 Å². The summed E-state index contributed by atoms with van der Waals surface area (Å²) in [4.78, 5) is 24.4. The maximum absolute atomic E-state index is 14.6. The van der Waals surface area contributed by atoms with Crippen LogP contribution >= 0.6 is 0 Å². The van der Waals surface area contributed by atoms with Crippen LogP contribution in [0.5, 0.6) is 0 Å². The van der Waals surface area contributed by atoms with Crippen molar-refractivity contribution in [2.75, 3.05) is 18.0 Å². The van der Waals surface area contributed by atoms with Crippen LogP contribution < -0.4 is 10.2 Å². The molecule has 4 aromatic rings. The standard InChI is InChI=1S/C24H25FN8/c1-14(2)33-13-29-23-21(33)9-20(31-24(23)25)19-5-6-26-22(30-19)8-15-3-4-17(10-27-15)32-12-16-7-18(32)11-28-16/h3-6,9-10,13-14,16,18,28H,7-8,11-12H2,1-2H3. The molecule has 4 aromatic heterocycles. The number of nitrogens with zero attached hydrogens (tertiary/aromatic N) is 7. The van der Waals surface area contributed by atoms with Crippen molar-refractivity contribution in [2.45, 2.75) is 44.8 Å². The molecule has 8 nitrogen and oxygen atoms in total. The van der Waals surface area contributed by atoms with E-state index in [4.69, 9.17) is 0 Å². The maximum Gasteiger partial charge on any atom is 0.241 e. The van der Waals surface area contributed by atoms with Crippen LogP contribution in [0.4, 0.5) is 10.1 Å². The van der Waals surface area contributed by atoms with Gasteiger partial charge in [0.2, 0.25) is 5.95 Å². The summed E-state index contributed by atoms with van der Waals surface area (Å²) >= 11 is 0. The predicted molar refractivity (Wildman–Crippen MR) is 123 cm³/mol. The monoisotopic (exact) mass is 444 g/mol. The molecule has 2 unspecified atom stereocenters. The zero-order valence-electron chi connectivity index (χ0n) is 18.6. The number of hydrogen-bond donors (Lipinski definition) is 1. The Hall–Kier alpha value is -3.46. The minimum Gasteiger partial charge on any atom is -0.364 e. The molecule has 2 fully saturated rings. The largest absolute Gasteiger partial charge is 0.364 e. The van der Waals surface area contributed by atoms with Crippen LogP contribution in [0.25, 0.3) is 22.4 Å². The lowest BCUT2D eigenvalue weighted by Crippen LogP contribution is -2.43. The van der Waals surface area contributed by atoms with Crippen molar-refractivity contribution < 1.29 is 4.39 Å². The van der Waals surface area contributed by atoms with Gasteiger partial charge in [-0.15, -0.1) is 0 Å². The highest BCUT2D eigenvalue weighted by molar-refractivity contribution is 5.79. The fraction of sp³-hybridized carbons (Fsp3) is 0.375. The van der Waals surface area contributed by atoms with Gasteiger partial charge in [0.25, 0.3) is 0 Å². The molecular formula is C24H25FN8. The lowest BCUT2D eigenvalue weighted by Gasteiger charge is -2.29.